The van der Waals surface area contributed by atoms with Crippen molar-refractivity contribution in [2.24, 2.45) is 0 Å². The quantitative estimate of drug-likeness (QED) is 0.210. The normalized spacial score (nSPS) is 15.9. The fourth-order valence-electron chi connectivity index (χ4n) is 4.59. The number of urea groups is 1. The zero-order valence-electron chi connectivity index (χ0n) is 21.1. The minimum absolute atomic E-state index is 0.0180. The number of rotatable bonds is 6. The average Bonchev–Trinajstić information content (AvgIpc) is 3.25. The van der Waals surface area contributed by atoms with E-state index >= 15 is 0 Å². The van der Waals surface area contributed by atoms with Crippen LogP contribution in [-0.2, 0) is 18.9 Å². The number of ether oxygens (including phenoxy) is 1. The Labute approximate surface area is 236 Å². The molecule has 1 unspecified atom stereocenters. The second kappa shape index (κ2) is 11.0. The van der Waals surface area contributed by atoms with Crippen molar-refractivity contribution in [3.8, 4) is 11.5 Å². The number of benzene rings is 4. The lowest BCUT2D eigenvalue weighted by atomic mass is 10.0. The van der Waals surface area contributed by atoms with Crippen LogP contribution in [0.2, 0.25) is 5.02 Å². The Balaban J connectivity index is 1.44. The Morgan fingerprint density at radius 3 is 1.93 bits per heavy atom. The molecule has 5 rings (SSSR count). The maximum atomic E-state index is 13.6. The second-order valence-electron chi connectivity index (χ2n) is 9.42. The topological polar surface area (TPSA) is 32.8 Å². The number of alkyl halides is 6. The summed E-state index contributed by atoms with van der Waals surface area (Å²) >= 11 is 5.90. The summed E-state index contributed by atoms with van der Waals surface area (Å²) in [6, 6.07) is 21.1. The Morgan fingerprint density at radius 1 is 0.756 bits per heavy atom. The van der Waals surface area contributed by atoms with Crippen molar-refractivity contribution in [3.63, 3.8) is 0 Å². The second-order valence-corrected chi connectivity index (χ2v) is 9.85. The van der Waals surface area contributed by atoms with E-state index in [1.54, 1.807) is 48.5 Å². The Kier molecular flexibility index (Phi) is 7.61. The Morgan fingerprint density at radius 2 is 1.34 bits per heavy atom. The molecule has 0 N–H and O–H groups in total. The van der Waals surface area contributed by atoms with Crippen LogP contribution < -0.4 is 9.64 Å². The minimum atomic E-state index is -4.58. The van der Waals surface area contributed by atoms with E-state index < -0.39 is 35.6 Å². The smallest absolute Gasteiger partial charge is 0.416 e. The molecule has 1 saturated heterocycles. The molecular formula is C30H21ClF6N2O2. The van der Waals surface area contributed by atoms with Gasteiger partial charge in [0.1, 0.15) is 11.5 Å². The van der Waals surface area contributed by atoms with E-state index in [4.69, 9.17) is 16.3 Å². The van der Waals surface area contributed by atoms with Gasteiger partial charge in [-0.2, -0.15) is 26.3 Å². The summed E-state index contributed by atoms with van der Waals surface area (Å²) in [6.45, 7) is -0.00904. The Bertz CT molecular complexity index is 1520. The van der Waals surface area contributed by atoms with Crippen molar-refractivity contribution in [2.45, 2.75) is 24.9 Å². The van der Waals surface area contributed by atoms with Crippen molar-refractivity contribution in [1.29, 1.82) is 0 Å². The van der Waals surface area contributed by atoms with Crippen molar-refractivity contribution in [2.75, 3.05) is 11.4 Å². The molecule has 0 radical (unpaired) electrons. The molecule has 1 aliphatic heterocycles. The van der Waals surface area contributed by atoms with E-state index in [0.717, 1.165) is 24.3 Å². The number of carbonyl (C=O) groups excluding carboxylic acids is 1. The van der Waals surface area contributed by atoms with Crippen LogP contribution in [0.5, 0.6) is 11.5 Å². The first kappa shape index (κ1) is 28.4. The van der Waals surface area contributed by atoms with E-state index in [2.05, 4.69) is 0 Å². The molecule has 212 valence electrons. The highest BCUT2D eigenvalue weighted by molar-refractivity contribution is 6.30. The van der Waals surface area contributed by atoms with Crippen molar-refractivity contribution in [1.82, 2.24) is 4.90 Å². The molecular weight excluding hydrogens is 570 g/mol. The van der Waals surface area contributed by atoms with Crippen LogP contribution in [0.4, 0.5) is 36.8 Å². The van der Waals surface area contributed by atoms with Gasteiger partial charge in [-0.15, -0.1) is 0 Å². The van der Waals surface area contributed by atoms with E-state index in [-0.39, 0.29) is 18.7 Å². The molecule has 4 nitrogen and oxygen atoms in total. The summed E-state index contributed by atoms with van der Waals surface area (Å²) in [5.74, 6) is 0.990. The molecule has 41 heavy (non-hydrogen) atoms. The number of carbonyl (C=O) groups is 1. The summed E-state index contributed by atoms with van der Waals surface area (Å²) in [5, 5.41) is 0.543. The van der Waals surface area contributed by atoms with Gasteiger partial charge in [0, 0.05) is 23.8 Å². The summed E-state index contributed by atoms with van der Waals surface area (Å²) < 4.78 is 85.2. The van der Waals surface area contributed by atoms with Crippen LogP contribution in [-0.4, -0.2) is 17.5 Å². The third-order valence-corrected chi connectivity index (χ3v) is 6.85. The van der Waals surface area contributed by atoms with Crippen LogP contribution in [0.3, 0.4) is 0 Å². The molecule has 0 saturated carbocycles. The van der Waals surface area contributed by atoms with Crippen molar-refractivity contribution >= 4 is 23.3 Å². The summed E-state index contributed by atoms with van der Waals surface area (Å²) in [5.41, 5.74) is -0.545. The number of amides is 2. The van der Waals surface area contributed by atoms with E-state index in [1.165, 1.54) is 34.1 Å². The van der Waals surface area contributed by atoms with Gasteiger partial charge in [-0.3, -0.25) is 4.90 Å². The van der Waals surface area contributed by atoms with Gasteiger partial charge in [0.15, 0.2) is 0 Å². The van der Waals surface area contributed by atoms with E-state index in [1.807, 2.05) is 0 Å². The van der Waals surface area contributed by atoms with Crippen LogP contribution in [0.15, 0.2) is 97.1 Å². The summed E-state index contributed by atoms with van der Waals surface area (Å²) in [4.78, 5) is 16.4. The van der Waals surface area contributed by atoms with Crippen molar-refractivity contribution in [3.05, 3.63) is 124 Å². The van der Waals surface area contributed by atoms with Crippen LogP contribution in [0.25, 0.3) is 0 Å². The molecule has 4 aromatic carbocycles. The number of hydrogen-bond acceptors (Lipinski definition) is 2. The number of anilines is 1. The third kappa shape index (κ3) is 6.43. The molecule has 1 aliphatic rings. The van der Waals surface area contributed by atoms with Gasteiger partial charge in [-0.25, -0.2) is 4.79 Å². The average molecular weight is 591 g/mol. The molecule has 11 heteroatoms. The third-order valence-electron chi connectivity index (χ3n) is 6.60. The molecule has 0 aromatic heterocycles. The lowest BCUT2D eigenvalue weighted by Crippen LogP contribution is -2.32. The molecule has 0 bridgehead atoms. The predicted octanol–water partition coefficient (Wildman–Crippen LogP) is 9.35. The standard InChI is InChI=1S/C30H21ClF6N2O2/c31-23-8-12-25(13-9-23)41-26-14-10-24(11-15-26)39-27(20-2-1-3-22(16-20)30(35,36)37)18-38(28(39)40)17-19-4-6-21(7-5-19)29(32,33)34/h1-16,27H,17-18H2. The predicted molar refractivity (Wildman–Crippen MR) is 142 cm³/mol. The number of hydrogen-bond donors (Lipinski definition) is 0. The zero-order valence-corrected chi connectivity index (χ0v) is 21.8. The molecule has 0 spiro atoms. The van der Waals surface area contributed by atoms with E-state index in [0.29, 0.717) is 27.8 Å². The molecule has 4 aromatic rings. The lowest BCUT2D eigenvalue weighted by molar-refractivity contribution is -0.138. The highest BCUT2D eigenvalue weighted by Crippen LogP contribution is 2.39. The largest absolute Gasteiger partial charge is 0.457 e. The lowest BCUT2D eigenvalue weighted by Gasteiger charge is -2.24. The maximum absolute atomic E-state index is 13.6. The zero-order chi connectivity index (χ0) is 29.4. The highest BCUT2D eigenvalue weighted by atomic mass is 35.5. The van der Waals surface area contributed by atoms with E-state index in [9.17, 15) is 31.1 Å². The first-order valence-corrected chi connectivity index (χ1v) is 12.7. The van der Waals surface area contributed by atoms with Gasteiger partial charge >= 0.3 is 18.4 Å². The fourth-order valence-corrected chi connectivity index (χ4v) is 4.71. The monoisotopic (exact) mass is 590 g/mol. The molecule has 1 atom stereocenters. The molecule has 1 fully saturated rings. The van der Waals surface area contributed by atoms with Gasteiger partial charge in [-0.05, 0) is 83.9 Å². The van der Waals surface area contributed by atoms with Gasteiger partial charge in [-0.1, -0.05) is 35.9 Å². The molecule has 0 aliphatic carbocycles. The van der Waals surface area contributed by atoms with Crippen molar-refractivity contribution < 1.29 is 35.9 Å². The number of halogens is 7. The number of nitrogens with zero attached hydrogens (tertiary/aromatic N) is 2. The van der Waals surface area contributed by atoms with Gasteiger partial charge in [0.2, 0.25) is 0 Å². The Hall–Kier alpha value is -4.18. The van der Waals surface area contributed by atoms with Crippen LogP contribution in [0.1, 0.15) is 28.3 Å². The first-order valence-electron chi connectivity index (χ1n) is 12.3. The van der Waals surface area contributed by atoms with Gasteiger partial charge < -0.3 is 9.64 Å². The molecule has 1 heterocycles. The summed E-state index contributed by atoms with van der Waals surface area (Å²) in [6.07, 6.45) is -9.08. The first-order chi connectivity index (χ1) is 19.4. The van der Waals surface area contributed by atoms with Crippen LogP contribution >= 0.6 is 11.6 Å². The minimum Gasteiger partial charge on any atom is -0.457 e. The van der Waals surface area contributed by atoms with Gasteiger partial charge in [0.25, 0.3) is 0 Å². The highest BCUT2D eigenvalue weighted by Gasteiger charge is 2.40. The fraction of sp³-hybridized carbons (Fsp3) is 0.167. The summed E-state index contributed by atoms with van der Waals surface area (Å²) in [7, 11) is 0. The SMILES string of the molecule is O=C1N(Cc2ccc(C(F)(F)F)cc2)CC(c2cccc(C(F)(F)F)c2)N1c1ccc(Oc2ccc(Cl)cc2)cc1. The van der Waals surface area contributed by atoms with Gasteiger partial charge in [0.05, 0.1) is 17.2 Å². The van der Waals surface area contributed by atoms with Crippen LogP contribution in [0, 0.1) is 0 Å². The maximum Gasteiger partial charge on any atom is 0.416 e. The molecule has 2 amide bonds.